The standard InChI is InChI=1S/C7H14O4S/c8-1-6(9)4-12-5-10-2-7-3-11-7/h6-9H,1-5H2. The third kappa shape index (κ3) is 4.95. The summed E-state index contributed by atoms with van der Waals surface area (Å²) < 4.78 is 10.1. The molecule has 2 atom stereocenters. The van der Waals surface area contributed by atoms with Crippen LogP contribution in [-0.2, 0) is 9.47 Å². The minimum atomic E-state index is -0.629. The molecule has 1 saturated heterocycles. The Morgan fingerprint density at radius 3 is 3.00 bits per heavy atom. The third-order valence-corrected chi connectivity index (χ3v) is 2.35. The number of epoxide rings is 1. The van der Waals surface area contributed by atoms with Crippen LogP contribution in [0.3, 0.4) is 0 Å². The van der Waals surface area contributed by atoms with Crippen LogP contribution in [0.1, 0.15) is 0 Å². The largest absolute Gasteiger partial charge is 0.394 e. The molecule has 0 aromatic carbocycles. The zero-order chi connectivity index (χ0) is 8.81. The van der Waals surface area contributed by atoms with E-state index in [1.165, 1.54) is 11.8 Å². The van der Waals surface area contributed by atoms with E-state index >= 15 is 0 Å². The Labute approximate surface area is 75.9 Å². The lowest BCUT2D eigenvalue weighted by Gasteiger charge is -2.05. The van der Waals surface area contributed by atoms with E-state index in [2.05, 4.69) is 0 Å². The molecule has 0 aliphatic carbocycles. The first-order chi connectivity index (χ1) is 5.83. The summed E-state index contributed by atoms with van der Waals surface area (Å²) in [5.74, 6) is 1.07. The summed E-state index contributed by atoms with van der Waals surface area (Å²) in [6.45, 7) is 1.27. The molecule has 0 spiro atoms. The van der Waals surface area contributed by atoms with Gasteiger partial charge in [0.2, 0.25) is 0 Å². The number of aliphatic hydroxyl groups is 2. The van der Waals surface area contributed by atoms with Gasteiger partial charge in [0.05, 0.1) is 31.9 Å². The van der Waals surface area contributed by atoms with Crippen molar-refractivity contribution >= 4 is 11.8 Å². The topological polar surface area (TPSA) is 62.2 Å². The first-order valence-electron chi connectivity index (χ1n) is 3.89. The molecule has 1 fully saturated rings. The maximum Gasteiger partial charge on any atom is 0.104 e. The highest BCUT2D eigenvalue weighted by Crippen LogP contribution is 2.10. The molecule has 1 heterocycles. The van der Waals surface area contributed by atoms with Crippen LogP contribution in [0.2, 0.25) is 0 Å². The molecule has 4 nitrogen and oxygen atoms in total. The van der Waals surface area contributed by atoms with Gasteiger partial charge in [0.15, 0.2) is 0 Å². The Balaban J connectivity index is 1.75. The van der Waals surface area contributed by atoms with Crippen molar-refractivity contribution in [3.8, 4) is 0 Å². The lowest BCUT2D eigenvalue weighted by molar-refractivity contribution is 0.112. The SMILES string of the molecule is OCC(O)CSCOCC1CO1. The molecular weight excluding hydrogens is 180 g/mol. The van der Waals surface area contributed by atoms with Gasteiger partial charge in [-0.2, -0.15) is 0 Å². The van der Waals surface area contributed by atoms with Crippen LogP contribution >= 0.6 is 11.8 Å². The summed E-state index contributed by atoms with van der Waals surface area (Å²) in [6.07, 6.45) is -0.329. The van der Waals surface area contributed by atoms with Crippen LogP contribution < -0.4 is 0 Å². The minimum absolute atomic E-state index is 0.182. The van der Waals surface area contributed by atoms with Crippen molar-refractivity contribution in [3.05, 3.63) is 0 Å². The zero-order valence-corrected chi connectivity index (χ0v) is 7.63. The first-order valence-corrected chi connectivity index (χ1v) is 5.04. The molecule has 5 heteroatoms. The summed E-state index contributed by atoms with van der Waals surface area (Å²) in [7, 11) is 0. The Bertz CT molecular complexity index is 118. The molecule has 12 heavy (non-hydrogen) atoms. The summed E-state index contributed by atoms with van der Waals surface area (Å²) in [5, 5.41) is 17.4. The van der Waals surface area contributed by atoms with Crippen molar-refractivity contribution in [2.45, 2.75) is 12.2 Å². The fourth-order valence-corrected chi connectivity index (χ4v) is 1.33. The van der Waals surface area contributed by atoms with E-state index in [0.717, 1.165) is 6.61 Å². The summed E-state index contributed by atoms with van der Waals surface area (Å²) >= 11 is 1.47. The van der Waals surface area contributed by atoms with E-state index < -0.39 is 6.10 Å². The van der Waals surface area contributed by atoms with Crippen LogP contribution in [0.5, 0.6) is 0 Å². The number of rotatable bonds is 7. The van der Waals surface area contributed by atoms with E-state index in [4.69, 9.17) is 19.7 Å². The number of hydrogen-bond donors (Lipinski definition) is 2. The highest BCUT2D eigenvalue weighted by molar-refractivity contribution is 7.99. The molecule has 0 amide bonds. The molecule has 0 bridgehead atoms. The second kappa shape index (κ2) is 5.77. The lowest BCUT2D eigenvalue weighted by atomic mass is 10.4. The zero-order valence-electron chi connectivity index (χ0n) is 6.81. The Morgan fingerprint density at radius 2 is 2.42 bits per heavy atom. The van der Waals surface area contributed by atoms with Crippen molar-refractivity contribution < 1.29 is 19.7 Å². The fourth-order valence-electron chi connectivity index (χ4n) is 0.640. The molecule has 0 radical (unpaired) electrons. The van der Waals surface area contributed by atoms with Crippen molar-refractivity contribution in [3.63, 3.8) is 0 Å². The number of hydrogen-bond acceptors (Lipinski definition) is 5. The Morgan fingerprint density at radius 1 is 1.67 bits per heavy atom. The van der Waals surface area contributed by atoms with Crippen LogP contribution in [0, 0.1) is 0 Å². The predicted octanol–water partition coefficient (Wildman–Crippen LogP) is -0.554. The summed E-state index contributed by atoms with van der Waals surface area (Å²) in [5.41, 5.74) is 0. The minimum Gasteiger partial charge on any atom is -0.394 e. The second-order valence-electron chi connectivity index (χ2n) is 2.65. The molecule has 0 aromatic heterocycles. The van der Waals surface area contributed by atoms with Crippen molar-refractivity contribution in [1.29, 1.82) is 0 Å². The van der Waals surface area contributed by atoms with Crippen LogP contribution in [-0.4, -0.2) is 53.9 Å². The molecule has 1 aliphatic rings. The normalized spacial score (nSPS) is 24.0. The highest BCUT2D eigenvalue weighted by Gasteiger charge is 2.22. The van der Waals surface area contributed by atoms with Crippen molar-refractivity contribution in [2.24, 2.45) is 0 Å². The third-order valence-electron chi connectivity index (χ3n) is 1.39. The maximum atomic E-state index is 8.93. The van der Waals surface area contributed by atoms with Crippen LogP contribution in [0.25, 0.3) is 0 Å². The highest BCUT2D eigenvalue weighted by atomic mass is 32.2. The van der Waals surface area contributed by atoms with E-state index in [1.54, 1.807) is 0 Å². The van der Waals surface area contributed by atoms with E-state index in [0.29, 0.717) is 24.4 Å². The molecule has 2 N–H and O–H groups in total. The Kier molecular flexibility index (Phi) is 4.94. The summed E-state index contributed by atoms with van der Waals surface area (Å²) in [6, 6.07) is 0. The first kappa shape index (κ1) is 10.3. The Hall–Kier alpha value is 0.190. The average Bonchev–Trinajstić information content (AvgIpc) is 2.87. The molecule has 1 aliphatic heterocycles. The molecular formula is C7H14O4S. The van der Waals surface area contributed by atoms with Crippen molar-refractivity contribution in [1.82, 2.24) is 0 Å². The smallest absolute Gasteiger partial charge is 0.104 e. The van der Waals surface area contributed by atoms with E-state index in [-0.39, 0.29) is 6.61 Å². The number of thioether (sulfide) groups is 1. The molecule has 0 saturated carbocycles. The van der Waals surface area contributed by atoms with Gasteiger partial charge in [0.25, 0.3) is 0 Å². The lowest BCUT2D eigenvalue weighted by Crippen LogP contribution is -2.15. The maximum absolute atomic E-state index is 8.93. The van der Waals surface area contributed by atoms with Gasteiger partial charge in [-0.15, -0.1) is 11.8 Å². The fraction of sp³-hybridized carbons (Fsp3) is 1.00. The van der Waals surface area contributed by atoms with Gasteiger partial charge >= 0.3 is 0 Å². The number of ether oxygens (including phenoxy) is 2. The van der Waals surface area contributed by atoms with E-state index in [1.807, 2.05) is 0 Å². The molecule has 0 aromatic rings. The van der Waals surface area contributed by atoms with Gasteiger partial charge in [-0.3, -0.25) is 0 Å². The van der Waals surface area contributed by atoms with Gasteiger partial charge in [0, 0.05) is 5.75 Å². The molecule has 1 rings (SSSR count). The van der Waals surface area contributed by atoms with Gasteiger partial charge in [-0.25, -0.2) is 0 Å². The van der Waals surface area contributed by atoms with Crippen LogP contribution in [0.15, 0.2) is 0 Å². The molecule has 72 valence electrons. The van der Waals surface area contributed by atoms with Gasteiger partial charge in [0.1, 0.15) is 6.10 Å². The predicted molar refractivity (Wildman–Crippen MR) is 46.1 cm³/mol. The van der Waals surface area contributed by atoms with Gasteiger partial charge in [-0.05, 0) is 0 Å². The van der Waals surface area contributed by atoms with Crippen LogP contribution in [0.4, 0.5) is 0 Å². The van der Waals surface area contributed by atoms with Crippen molar-refractivity contribution in [2.75, 3.05) is 31.5 Å². The monoisotopic (exact) mass is 194 g/mol. The van der Waals surface area contributed by atoms with Gasteiger partial charge in [-0.1, -0.05) is 0 Å². The quantitative estimate of drug-likeness (QED) is 0.323. The van der Waals surface area contributed by atoms with E-state index in [9.17, 15) is 0 Å². The summed E-state index contributed by atoms with van der Waals surface area (Å²) in [4.78, 5) is 0. The average molecular weight is 194 g/mol. The number of aliphatic hydroxyl groups excluding tert-OH is 2. The molecule has 2 unspecified atom stereocenters. The second-order valence-corrected chi connectivity index (χ2v) is 3.63. The van der Waals surface area contributed by atoms with Gasteiger partial charge < -0.3 is 19.7 Å².